The van der Waals surface area contributed by atoms with Gasteiger partial charge in [-0.25, -0.2) is 4.79 Å². The third-order valence-corrected chi connectivity index (χ3v) is 2.81. The van der Waals surface area contributed by atoms with Crippen LogP contribution in [0, 0.1) is 0 Å². The highest BCUT2D eigenvalue weighted by atomic mass is 35.5. The Balaban J connectivity index is 2.29. The van der Waals surface area contributed by atoms with Crippen molar-refractivity contribution in [1.82, 2.24) is 0 Å². The van der Waals surface area contributed by atoms with E-state index in [-0.39, 0.29) is 24.6 Å². The van der Waals surface area contributed by atoms with Gasteiger partial charge in [-0.15, -0.1) is 0 Å². The van der Waals surface area contributed by atoms with E-state index in [0.29, 0.717) is 15.7 Å². The van der Waals surface area contributed by atoms with Gasteiger partial charge in [0.2, 0.25) is 0 Å². The van der Waals surface area contributed by atoms with Gasteiger partial charge in [0, 0.05) is 10.0 Å². The van der Waals surface area contributed by atoms with E-state index in [1.54, 1.807) is 25.1 Å². The van der Waals surface area contributed by atoms with Gasteiger partial charge in [-0.3, -0.25) is 4.79 Å². The van der Waals surface area contributed by atoms with Gasteiger partial charge in [-0.1, -0.05) is 23.2 Å². The molecule has 1 aromatic rings. The number of hydrogen-bond donors (Lipinski definition) is 0. The smallest absolute Gasteiger partial charge is 0.355 e. The number of carbonyl (C=O) groups excluding carboxylic acids is 2. The molecule has 0 N–H and O–H groups in total. The van der Waals surface area contributed by atoms with E-state index in [1.165, 1.54) is 0 Å². The fourth-order valence-electron chi connectivity index (χ4n) is 1.62. The molecule has 0 saturated carbocycles. The fourth-order valence-corrected chi connectivity index (χ4v) is 2.14. The zero-order valence-corrected chi connectivity index (χ0v) is 11.5. The average molecular weight is 301 g/mol. The standard InChI is InChI=1S/C12H10Cl2N2O3/c1-2-19-12(18)10-6-11(17)16(15-10)9-4-7(13)3-8(14)5-9/h3-5H,2,6H2,1H3. The van der Waals surface area contributed by atoms with E-state index in [2.05, 4.69) is 5.10 Å². The van der Waals surface area contributed by atoms with Crippen LogP contribution in [0.1, 0.15) is 13.3 Å². The van der Waals surface area contributed by atoms with Crippen molar-refractivity contribution in [2.45, 2.75) is 13.3 Å². The van der Waals surface area contributed by atoms with Crippen molar-refractivity contribution in [3.8, 4) is 0 Å². The van der Waals surface area contributed by atoms with E-state index in [1.807, 2.05) is 0 Å². The van der Waals surface area contributed by atoms with Crippen LogP contribution in [-0.2, 0) is 14.3 Å². The Hall–Kier alpha value is -1.59. The Morgan fingerprint density at radius 3 is 2.58 bits per heavy atom. The molecular formula is C12H10Cl2N2O3. The highest BCUT2D eigenvalue weighted by Gasteiger charge is 2.30. The maximum Gasteiger partial charge on any atom is 0.355 e. The summed E-state index contributed by atoms with van der Waals surface area (Å²) < 4.78 is 4.81. The van der Waals surface area contributed by atoms with Crippen LogP contribution >= 0.6 is 23.2 Å². The summed E-state index contributed by atoms with van der Waals surface area (Å²) in [5.74, 6) is -0.923. The Morgan fingerprint density at radius 2 is 2.00 bits per heavy atom. The van der Waals surface area contributed by atoms with E-state index >= 15 is 0 Å². The molecule has 100 valence electrons. The van der Waals surface area contributed by atoms with Crippen molar-refractivity contribution in [1.29, 1.82) is 0 Å². The number of ether oxygens (including phenoxy) is 1. The Bertz CT molecular complexity index is 552. The van der Waals surface area contributed by atoms with Crippen molar-refractivity contribution in [3.63, 3.8) is 0 Å². The molecule has 0 unspecified atom stereocenters. The minimum atomic E-state index is -0.591. The molecule has 1 aliphatic heterocycles. The first-order valence-corrected chi connectivity index (χ1v) is 6.30. The van der Waals surface area contributed by atoms with Crippen LogP contribution in [0.3, 0.4) is 0 Å². The minimum Gasteiger partial charge on any atom is -0.461 e. The second kappa shape index (κ2) is 5.59. The van der Waals surface area contributed by atoms with E-state index in [4.69, 9.17) is 27.9 Å². The van der Waals surface area contributed by atoms with Gasteiger partial charge in [0.1, 0.15) is 0 Å². The number of amides is 1. The van der Waals surface area contributed by atoms with E-state index in [0.717, 1.165) is 5.01 Å². The summed E-state index contributed by atoms with van der Waals surface area (Å²) in [6, 6.07) is 4.63. The molecular weight excluding hydrogens is 291 g/mol. The molecule has 1 aliphatic rings. The SMILES string of the molecule is CCOC(=O)C1=NN(c2cc(Cl)cc(Cl)c2)C(=O)C1. The largest absolute Gasteiger partial charge is 0.461 e. The molecule has 0 bridgehead atoms. The predicted octanol–water partition coefficient (Wildman–Crippen LogP) is 2.65. The van der Waals surface area contributed by atoms with Crippen LogP contribution in [0.25, 0.3) is 0 Å². The molecule has 1 amide bonds. The second-order valence-corrected chi connectivity index (χ2v) is 4.65. The maximum absolute atomic E-state index is 11.8. The van der Waals surface area contributed by atoms with Gasteiger partial charge in [0.25, 0.3) is 5.91 Å². The Labute approximate surface area is 119 Å². The lowest BCUT2D eigenvalue weighted by Crippen LogP contribution is -2.19. The van der Waals surface area contributed by atoms with Gasteiger partial charge >= 0.3 is 5.97 Å². The summed E-state index contributed by atoms with van der Waals surface area (Å²) in [7, 11) is 0. The summed E-state index contributed by atoms with van der Waals surface area (Å²) >= 11 is 11.7. The third-order valence-electron chi connectivity index (χ3n) is 2.38. The molecule has 0 fully saturated rings. The van der Waals surface area contributed by atoms with Crippen LogP contribution < -0.4 is 5.01 Å². The lowest BCUT2D eigenvalue weighted by atomic mass is 10.2. The number of nitrogens with zero attached hydrogens (tertiary/aromatic N) is 2. The first-order valence-electron chi connectivity index (χ1n) is 5.55. The van der Waals surface area contributed by atoms with Gasteiger partial charge in [-0.2, -0.15) is 10.1 Å². The molecule has 5 nitrogen and oxygen atoms in total. The molecule has 2 rings (SSSR count). The van der Waals surface area contributed by atoms with Gasteiger partial charge in [0.05, 0.1) is 18.7 Å². The zero-order valence-electron chi connectivity index (χ0n) is 10.0. The van der Waals surface area contributed by atoms with E-state index in [9.17, 15) is 9.59 Å². The van der Waals surface area contributed by atoms with Gasteiger partial charge in [0.15, 0.2) is 5.71 Å². The fraction of sp³-hybridized carbons (Fsp3) is 0.250. The minimum absolute atomic E-state index is 0.0722. The number of rotatable bonds is 3. The first-order chi connectivity index (χ1) is 9.01. The molecule has 7 heteroatoms. The molecule has 1 aromatic carbocycles. The van der Waals surface area contributed by atoms with Gasteiger partial charge < -0.3 is 4.74 Å². The summed E-state index contributed by atoms with van der Waals surface area (Å²) in [5.41, 5.74) is 0.491. The average Bonchev–Trinajstić information content (AvgIpc) is 2.70. The molecule has 0 aliphatic carbocycles. The molecule has 1 heterocycles. The van der Waals surface area contributed by atoms with E-state index < -0.39 is 5.97 Å². The maximum atomic E-state index is 11.8. The summed E-state index contributed by atoms with van der Waals surface area (Å²) in [6.45, 7) is 1.92. The van der Waals surface area contributed by atoms with Crippen molar-refractivity contribution < 1.29 is 14.3 Å². The molecule has 0 saturated heterocycles. The number of hydrazone groups is 1. The highest BCUT2D eigenvalue weighted by molar-refractivity contribution is 6.43. The number of carbonyl (C=O) groups is 2. The quantitative estimate of drug-likeness (QED) is 0.806. The lowest BCUT2D eigenvalue weighted by Gasteiger charge is -2.12. The van der Waals surface area contributed by atoms with Crippen molar-refractivity contribution >= 4 is 46.5 Å². The number of anilines is 1. The monoisotopic (exact) mass is 300 g/mol. The molecule has 0 radical (unpaired) electrons. The summed E-state index contributed by atoms with van der Waals surface area (Å²) in [4.78, 5) is 23.4. The van der Waals surface area contributed by atoms with Crippen LogP contribution in [0.5, 0.6) is 0 Å². The predicted molar refractivity (Wildman–Crippen MR) is 72.6 cm³/mol. The van der Waals surface area contributed by atoms with Crippen molar-refractivity contribution in [2.75, 3.05) is 11.6 Å². The number of halogens is 2. The first kappa shape index (κ1) is 13.8. The van der Waals surface area contributed by atoms with Crippen molar-refractivity contribution in [2.24, 2.45) is 5.10 Å². The topological polar surface area (TPSA) is 59.0 Å². The van der Waals surface area contributed by atoms with Crippen LogP contribution in [-0.4, -0.2) is 24.2 Å². The number of benzene rings is 1. The number of esters is 1. The summed E-state index contributed by atoms with van der Waals surface area (Å²) in [6.07, 6.45) is -0.0943. The Morgan fingerprint density at radius 1 is 1.37 bits per heavy atom. The zero-order chi connectivity index (χ0) is 14.0. The van der Waals surface area contributed by atoms with Gasteiger partial charge in [-0.05, 0) is 25.1 Å². The normalized spacial score (nSPS) is 14.6. The number of hydrogen-bond acceptors (Lipinski definition) is 4. The summed E-state index contributed by atoms with van der Waals surface area (Å²) in [5, 5.41) is 5.82. The Kier molecular flexibility index (Phi) is 4.07. The van der Waals surface area contributed by atoms with Crippen molar-refractivity contribution in [3.05, 3.63) is 28.2 Å². The van der Waals surface area contributed by atoms with Crippen LogP contribution in [0.2, 0.25) is 10.0 Å². The lowest BCUT2D eigenvalue weighted by molar-refractivity contribution is -0.135. The third kappa shape index (κ3) is 3.05. The second-order valence-electron chi connectivity index (χ2n) is 3.78. The highest BCUT2D eigenvalue weighted by Crippen LogP contribution is 2.28. The molecule has 19 heavy (non-hydrogen) atoms. The molecule has 0 aromatic heterocycles. The van der Waals surface area contributed by atoms with Crippen LogP contribution in [0.15, 0.2) is 23.3 Å². The molecule has 0 spiro atoms. The van der Waals surface area contributed by atoms with Crippen LogP contribution in [0.4, 0.5) is 5.69 Å². The molecule has 0 atom stereocenters.